The van der Waals surface area contributed by atoms with Crippen LogP contribution in [0.5, 0.6) is 0 Å². The van der Waals surface area contributed by atoms with Crippen LogP contribution in [0.3, 0.4) is 0 Å². The van der Waals surface area contributed by atoms with Gasteiger partial charge in [-0.3, -0.25) is 19.6 Å². The molecule has 2 aromatic rings. The summed E-state index contributed by atoms with van der Waals surface area (Å²) in [7, 11) is -4.11. The molecule has 0 atom stereocenters. The first-order valence-corrected chi connectivity index (χ1v) is 9.63. The molecule has 0 saturated carbocycles. The van der Waals surface area contributed by atoms with Crippen LogP contribution in [0.25, 0.3) is 0 Å². The highest BCUT2D eigenvalue weighted by molar-refractivity contribution is 7.94. The van der Waals surface area contributed by atoms with E-state index in [1.807, 2.05) is 0 Å². The fourth-order valence-electron chi connectivity index (χ4n) is 1.77. The highest BCUT2D eigenvalue weighted by Gasteiger charge is 2.26. The fraction of sp³-hybridized carbons (Fsp3) is 0.357. The maximum Gasteiger partial charge on any atom is 0.291 e. The van der Waals surface area contributed by atoms with E-state index < -0.39 is 20.4 Å². The van der Waals surface area contributed by atoms with Gasteiger partial charge in [0, 0.05) is 11.5 Å². The van der Waals surface area contributed by atoms with E-state index in [4.69, 9.17) is 0 Å². The molecule has 0 fully saturated rings. The minimum atomic E-state index is -4.11. The second kappa shape index (κ2) is 6.96. The number of anilines is 2. The number of nitro groups is 1. The predicted molar refractivity (Wildman–Crippen MR) is 96.6 cm³/mol. The quantitative estimate of drug-likeness (QED) is 0.446. The zero-order valence-electron chi connectivity index (χ0n) is 14.4. The van der Waals surface area contributed by atoms with Gasteiger partial charge in [-0.15, -0.1) is 10.2 Å². The average Bonchev–Trinajstić information content (AvgIpc) is 2.97. The van der Waals surface area contributed by atoms with Crippen LogP contribution < -0.4 is 10.0 Å². The summed E-state index contributed by atoms with van der Waals surface area (Å²) in [5.41, 5.74) is -0.648. The van der Waals surface area contributed by atoms with E-state index in [2.05, 4.69) is 20.2 Å². The number of carbonyl (C=O) groups is 1. The molecule has 0 aliphatic rings. The minimum Gasteiger partial charge on any atom is -0.300 e. The topological polar surface area (TPSA) is 144 Å². The molecule has 0 spiro atoms. The van der Waals surface area contributed by atoms with Gasteiger partial charge in [-0.25, -0.2) is 0 Å². The maximum absolute atomic E-state index is 12.4. The molecule has 2 rings (SSSR count). The molecule has 26 heavy (non-hydrogen) atoms. The monoisotopic (exact) mass is 399 g/mol. The Morgan fingerprint density at radius 1 is 1.27 bits per heavy atom. The van der Waals surface area contributed by atoms with Gasteiger partial charge in [-0.05, 0) is 13.0 Å². The first-order valence-electron chi connectivity index (χ1n) is 7.33. The van der Waals surface area contributed by atoms with Crippen molar-refractivity contribution in [3.63, 3.8) is 0 Å². The van der Waals surface area contributed by atoms with E-state index in [0.29, 0.717) is 11.3 Å². The van der Waals surface area contributed by atoms with Crippen molar-refractivity contribution in [3.05, 3.63) is 33.9 Å². The number of hydrogen-bond donors (Lipinski definition) is 2. The molecule has 1 amide bonds. The third-order valence-corrected chi connectivity index (χ3v) is 5.86. The summed E-state index contributed by atoms with van der Waals surface area (Å²) >= 11 is 0.681. The predicted octanol–water partition coefficient (Wildman–Crippen LogP) is 2.54. The Labute approximate surface area is 153 Å². The molecule has 0 aliphatic heterocycles. The molecular weight excluding hydrogens is 382 g/mol. The van der Waals surface area contributed by atoms with Crippen molar-refractivity contribution in [3.8, 4) is 0 Å². The molecule has 140 valence electrons. The lowest BCUT2D eigenvalue weighted by Crippen LogP contribution is -2.27. The molecule has 0 unspecified atom stereocenters. The summed E-state index contributed by atoms with van der Waals surface area (Å²) in [4.78, 5) is 22.3. The number of amides is 1. The Hall–Kier alpha value is -2.60. The van der Waals surface area contributed by atoms with Crippen molar-refractivity contribution in [1.82, 2.24) is 10.2 Å². The number of aromatic nitrogens is 2. The van der Waals surface area contributed by atoms with Gasteiger partial charge >= 0.3 is 0 Å². The van der Waals surface area contributed by atoms with Crippen molar-refractivity contribution in [2.75, 3.05) is 10.0 Å². The minimum absolute atomic E-state index is 0.0427. The largest absolute Gasteiger partial charge is 0.300 e. The van der Waals surface area contributed by atoms with Crippen LogP contribution in [0.4, 0.5) is 16.5 Å². The molecule has 0 saturated heterocycles. The number of nitro benzene ring substituents is 1. The SMILES string of the molecule is Cc1c(NS(=O)(=O)c2nnc(NC(=O)C(C)(C)C)s2)cccc1[N+](=O)[O-]. The second-order valence-corrected chi connectivity index (χ2v) is 9.22. The van der Waals surface area contributed by atoms with E-state index in [1.165, 1.54) is 25.1 Å². The van der Waals surface area contributed by atoms with Crippen LogP contribution in [0.15, 0.2) is 22.5 Å². The van der Waals surface area contributed by atoms with Gasteiger partial charge in [0.15, 0.2) is 0 Å². The van der Waals surface area contributed by atoms with Gasteiger partial charge in [0.2, 0.25) is 11.0 Å². The summed E-state index contributed by atoms with van der Waals surface area (Å²) in [6.07, 6.45) is 0. The van der Waals surface area contributed by atoms with Crippen molar-refractivity contribution >= 4 is 43.8 Å². The Morgan fingerprint density at radius 2 is 1.92 bits per heavy atom. The van der Waals surface area contributed by atoms with Gasteiger partial charge in [0.25, 0.3) is 20.1 Å². The molecule has 0 radical (unpaired) electrons. The first kappa shape index (κ1) is 19.7. The standard InChI is InChI=1S/C14H17N5O5S2/c1-8-9(6-5-7-10(8)19(21)22)18-26(23,24)13-17-16-12(25-13)15-11(20)14(2,3)4/h5-7,18H,1-4H3,(H,15,16,20). The number of rotatable bonds is 5. The molecule has 2 N–H and O–H groups in total. The normalized spacial score (nSPS) is 11.8. The fourth-order valence-corrected chi connectivity index (χ4v) is 3.79. The summed E-state index contributed by atoms with van der Waals surface area (Å²) in [5, 5.41) is 20.7. The van der Waals surface area contributed by atoms with Gasteiger partial charge in [-0.2, -0.15) is 8.42 Å². The van der Waals surface area contributed by atoms with Crippen molar-refractivity contribution in [2.24, 2.45) is 5.41 Å². The van der Waals surface area contributed by atoms with E-state index >= 15 is 0 Å². The van der Waals surface area contributed by atoms with Crippen LogP contribution in [-0.2, 0) is 14.8 Å². The molecule has 0 aliphatic carbocycles. The number of sulfonamides is 1. The van der Waals surface area contributed by atoms with Gasteiger partial charge < -0.3 is 5.32 Å². The summed E-state index contributed by atoms with van der Waals surface area (Å²) in [5.74, 6) is -0.333. The number of carbonyl (C=O) groups excluding carboxylic acids is 1. The summed E-state index contributed by atoms with van der Waals surface area (Å²) < 4.78 is 26.8. The lowest BCUT2D eigenvalue weighted by Gasteiger charge is -2.15. The molecule has 0 bridgehead atoms. The smallest absolute Gasteiger partial charge is 0.291 e. The maximum atomic E-state index is 12.4. The molecule has 1 aromatic carbocycles. The lowest BCUT2D eigenvalue weighted by molar-refractivity contribution is -0.385. The van der Waals surface area contributed by atoms with Crippen LogP contribution in [0.2, 0.25) is 0 Å². The van der Waals surface area contributed by atoms with Crippen LogP contribution in [0, 0.1) is 22.5 Å². The molecule has 10 nitrogen and oxygen atoms in total. The van der Waals surface area contributed by atoms with Crippen LogP contribution in [-0.4, -0.2) is 29.4 Å². The summed E-state index contributed by atoms with van der Waals surface area (Å²) in [6.45, 7) is 6.54. The van der Waals surface area contributed by atoms with Crippen molar-refractivity contribution in [1.29, 1.82) is 0 Å². The lowest BCUT2D eigenvalue weighted by atomic mass is 9.96. The Kier molecular flexibility index (Phi) is 5.28. The zero-order chi connectivity index (χ0) is 19.7. The van der Waals surface area contributed by atoms with Crippen molar-refractivity contribution in [2.45, 2.75) is 32.0 Å². The van der Waals surface area contributed by atoms with E-state index in [-0.39, 0.29) is 32.3 Å². The van der Waals surface area contributed by atoms with Crippen LogP contribution >= 0.6 is 11.3 Å². The first-order chi connectivity index (χ1) is 11.9. The summed E-state index contributed by atoms with van der Waals surface area (Å²) in [6, 6.07) is 4.06. The van der Waals surface area contributed by atoms with E-state index in [9.17, 15) is 23.3 Å². The Bertz CT molecular complexity index is 962. The van der Waals surface area contributed by atoms with E-state index in [0.717, 1.165) is 0 Å². The van der Waals surface area contributed by atoms with E-state index in [1.54, 1.807) is 20.8 Å². The molecule has 1 heterocycles. The third kappa shape index (κ3) is 4.32. The van der Waals surface area contributed by atoms with Gasteiger partial charge in [0.05, 0.1) is 16.2 Å². The Morgan fingerprint density at radius 3 is 2.50 bits per heavy atom. The molecule has 1 aromatic heterocycles. The second-order valence-electron chi connectivity index (χ2n) is 6.39. The highest BCUT2D eigenvalue weighted by atomic mass is 32.2. The third-order valence-electron chi connectivity index (χ3n) is 3.28. The number of benzene rings is 1. The number of nitrogens with zero attached hydrogens (tertiary/aromatic N) is 3. The van der Waals surface area contributed by atoms with Crippen LogP contribution in [0.1, 0.15) is 26.3 Å². The molecule has 12 heteroatoms. The highest BCUT2D eigenvalue weighted by Crippen LogP contribution is 2.29. The van der Waals surface area contributed by atoms with Gasteiger partial charge in [-0.1, -0.05) is 38.2 Å². The zero-order valence-corrected chi connectivity index (χ0v) is 16.1. The number of nitrogens with one attached hydrogen (secondary N) is 2. The van der Waals surface area contributed by atoms with Gasteiger partial charge in [0.1, 0.15) is 0 Å². The Balaban J connectivity index is 2.26. The molecular formula is C14H17N5O5S2. The van der Waals surface area contributed by atoms with Crippen molar-refractivity contribution < 1.29 is 18.1 Å². The average molecular weight is 399 g/mol. The number of hydrogen-bond acceptors (Lipinski definition) is 8.